The summed E-state index contributed by atoms with van der Waals surface area (Å²) in [6.45, 7) is 1.82. The molecule has 1 aromatic heterocycles. The normalized spacial score (nSPS) is 10.2. The Morgan fingerprint density at radius 1 is 1.47 bits per heavy atom. The minimum atomic E-state index is -0.709. The fraction of sp³-hybridized carbons (Fsp3) is 0.154. The molecule has 0 fully saturated rings. The maximum absolute atomic E-state index is 13.6. The van der Waals surface area contributed by atoms with Gasteiger partial charge in [-0.2, -0.15) is 5.10 Å². The molecule has 0 saturated carbocycles. The first kappa shape index (κ1) is 12.9. The maximum atomic E-state index is 13.6. The first-order valence-electron chi connectivity index (χ1n) is 5.64. The predicted molar refractivity (Wildman–Crippen MR) is 64.9 cm³/mol. The van der Waals surface area contributed by atoms with Crippen LogP contribution in [0.1, 0.15) is 27.8 Å². The number of halogens is 1. The number of hydrogen-bond acceptors (Lipinski definition) is 4. The first-order chi connectivity index (χ1) is 9.17. The van der Waals surface area contributed by atoms with Crippen molar-refractivity contribution < 1.29 is 18.7 Å². The summed E-state index contributed by atoms with van der Waals surface area (Å²) in [4.78, 5) is 22.5. The molecule has 2 rings (SSSR count). The van der Waals surface area contributed by atoms with Crippen molar-refractivity contribution in [3.05, 3.63) is 47.5 Å². The lowest BCUT2D eigenvalue weighted by atomic mass is 10.3. The number of esters is 1. The second-order valence-corrected chi connectivity index (χ2v) is 3.67. The molecule has 98 valence electrons. The van der Waals surface area contributed by atoms with Crippen molar-refractivity contribution >= 4 is 12.3 Å². The van der Waals surface area contributed by atoms with Gasteiger partial charge in [-0.25, -0.2) is 13.9 Å². The summed E-state index contributed by atoms with van der Waals surface area (Å²) >= 11 is 0. The summed E-state index contributed by atoms with van der Waals surface area (Å²) in [5, 5.41) is 3.90. The van der Waals surface area contributed by atoms with E-state index in [0.717, 1.165) is 4.68 Å². The van der Waals surface area contributed by atoms with Crippen LogP contribution in [0.15, 0.2) is 30.5 Å². The quantitative estimate of drug-likeness (QED) is 0.624. The molecule has 0 radical (unpaired) electrons. The van der Waals surface area contributed by atoms with Crippen LogP contribution in [0.25, 0.3) is 5.69 Å². The zero-order valence-electron chi connectivity index (χ0n) is 10.2. The Balaban J connectivity index is 2.47. The SMILES string of the molecule is CCOC(=O)c1nn(-c2ccccc2F)cc1C=O. The van der Waals surface area contributed by atoms with Crippen LogP contribution in [0.5, 0.6) is 0 Å². The summed E-state index contributed by atoms with van der Waals surface area (Å²) in [7, 11) is 0. The third-order valence-electron chi connectivity index (χ3n) is 2.44. The highest BCUT2D eigenvalue weighted by atomic mass is 19.1. The van der Waals surface area contributed by atoms with Crippen molar-refractivity contribution in [3.8, 4) is 5.69 Å². The fourth-order valence-electron chi connectivity index (χ4n) is 1.59. The largest absolute Gasteiger partial charge is 0.461 e. The smallest absolute Gasteiger partial charge is 0.359 e. The third-order valence-corrected chi connectivity index (χ3v) is 2.44. The highest BCUT2D eigenvalue weighted by Gasteiger charge is 2.19. The Bertz CT molecular complexity index is 622. The molecule has 0 aliphatic carbocycles. The van der Waals surface area contributed by atoms with E-state index in [0.29, 0.717) is 6.29 Å². The topological polar surface area (TPSA) is 61.2 Å². The lowest BCUT2D eigenvalue weighted by Gasteiger charge is -2.01. The molecule has 0 unspecified atom stereocenters. The molecule has 0 aliphatic rings. The Kier molecular flexibility index (Phi) is 3.70. The fourth-order valence-corrected chi connectivity index (χ4v) is 1.59. The van der Waals surface area contributed by atoms with Crippen LogP contribution in [-0.4, -0.2) is 28.6 Å². The van der Waals surface area contributed by atoms with Crippen LogP contribution in [0.3, 0.4) is 0 Å². The van der Waals surface area contributed by atoms with E-state index in [4.69, 9.17) is 4.74 Å². The highest BCUT2D eigenvalue weighted by molar-refractivity contribution is 5.96. The van der Waals surface area contributed by atoms with Crippen molar-refractivity contribution in [2.45, 2.75) is 6.92 Å². The van der Waals surface area contributed by atoms with Crippen LogP contribution in [0, 0.1) is 5.82 Å². The third kappa shape index (κ3) is 2.52. The monoisotopic (exact) mass is 262 g/mol. The number of aromatic nitrogens is 2. The molecule has 6 heteroatoms. The van der Waals surface area contributed by atoms with Gasteiger partial charge < -0.3 is 4.74 Å². The Hall–Kier alpha value is -2.50. The second-order valence-electron chi connectivity index (χ2n) is 3.67. The second kappa shape index (κ2) is 5.43. The molecule has 0 spiro atoms. The number of ether oxygens (including phenoxy) is 1. The molecule has 19 heavy (non-hydrogen) atoms. The number of carbonyl (C=O) groups excluding carboxylic acids is 2. The van der Waals surface area contributed by atoms with E-state index in [1.165, 1.54) is 24.4 Å². The van der Waals surface area contributed by atoms with Crippen molar-refractivity contribution in [1.82, 2.24) is 9.78 Å². The van der Waals surface area contributed by atoms with Crippen LogP contribution in [-0.2, 0) is 4.74 Å². The number of carbonyl (C=O) groups is 2. The molecule has 0 N–H and O–H groups in total. The number of nitrogens with zero attached hydrogens (tertiary/aromatic N) is 2. The average molecular weight is 262 g/mol. The molecular formula is C13H11FN2O3. The zero-order valence-corrected chi connectivity index (χ0v) is 10.2. The van der Waals surface area contributed by atoms with Gasteiger partial charge in [0.05, 0.1) is 12.2 Å². The van der Waals surface area contributed by atoms with Gasteiger partial charge >= 0.3 is 5.97 Å². The Labute approximate surface area is 108 Å². The van der Waals surface area contributed by atoms with Gasteiger partial charge in [-0.1, -0.05) is 12.1 Å². The molecule has 0 aliphatic heterocycles. The predicted octanol–water partition coefficient (Wildman–Crippen LogP) is 2.00. The molecule has 0 saturated heterocycles. The number of rotatable bonds is 4. The van der Waals surface area contributed by atoms with Gasteiger partial charge in [-0.05, 0) is 19.1 Å². The van der Waals surface area contributed by atoms with Gasteiger partial charge in [0.25, 0.3) is 0 Å². The number of hydrogen-bond donors (Lipinski definition) is 0. The van der Waals surface area contributed by atoms with E-state index in [2.05, 4.69) is 5.10 Å². The highest BCUT2D eigenvalue weighted by Crippen LogP contribution is 2.15. The molecule has 1 aromatic carbocycles. The van der Waals surface area contributed by atoms with Gasteiger partial charge in [0.15, 0.2) is 12.0 Å². The van der Waals surface area contributed by atoms with Gasteiger partial charge in [0.1, 0.15) is 11.5 Å². The molecule has 0 bridgehead atoms. The number of para-hydroxylation sites is 1. The van der Waals surface area contributed by atoms with E-state index >= 15 is 0 Å². The van der Waals surface area contributed by atoms with Crippen molar-refractivity contribution in [1.29, 1.82) is 0 Å². The maximum Gasteiger partial charge on any atom is 0.359 e. The van der Waals surface area contributed by atoms with E-state index in [9.17, 15) is 14.0 Å². The molecule has 5 nitrogen and oxygen atoms in total. The summed E-state index contributed by atoms with van der Waals surface area (Å²) in [5.74, 6) is -1.21. The average Bonchev–Trinajstić information content (AvgIpc) is 2.83. The van der Waals surface area contributed by atoms with E-state index in [-0.39, 0.29) is 23.6 Å². The van der Waals surface area contributed by atoms with E-state index < -0.39 is 11.8 Å². The minimum Gasteiger partial charge on any atom is -0.461 e. The van der Waals surface area contributed by atoms with Crippen LogP contribution >= 0.6 is 0 Å². The minimum absolute atomic E-state index is 0.0571. The summed E-state index contributed by atoms with van der Waals surface area (Å²) in [6, 6.07) is 5.92. The number of benzene rings is 1. The lowest BCUT2D eigenvalue weighted by molar-refractivity contribution is 0.0517. The van der Waals surface area contributed by atoms with E-state index in [1.54, 1.807) is 13.0 Å². The molecule has 0 atom stereocenters. The standard InChI is InChI=1S/C13H11FN2O3/c1-2-19-13(18)12-9(8-17)7-16(15-12)11-6-4-3-5-10(11)14/h3-8H,2H2,1H3. The Morgan fingerprint density at radius 3 is 2.84 bits per heavy atom. The molecule has 1 heterocycles. The Morgan fingerprint density at radius 2 is 2.21 bits per heavy atom. The summed E-state index contributed by atoms with van der Waals surface area (Å²) in [5.41, 5.74) is 0.0861. The van der Waals surface area contributed by atoms with Crippen LogP contribution in [0.4, 0.5) is 4.39 Å². The van der Waals surface area contributed by atoms with E-state index in [1.807, 2.05) is 0 Å². The molecule has 0 amide bonds. The lowest BCUT2D eigenvalue weighted by Crippen LogP contribution is -2.08. The first-order valence-corrected chi connectivity index (χ1v) is 5.64. The van der Waals surface area contributed by atoms with Crippen molar-refractivity contribution in [2.75, 3.05) is 6.61 Å². The zero-order chi connectivity index (χ0) is 13.8. The van der Waals surface area contributed by atoms with Crippen LogP contribution in [0.2, 0.25) is 0 Å². The van der Waals surface area contributed by atoms with Gasteiger partial charge in [0.2, 0.25) is 0 Å². The number of aldehydes is 1. The van der Waals surface area contributed by atoms with Crippen LogP contribution < -0.4 is 0 Å². The molecular weight excluding hydrogens is 251 g/mol. The summed E-state index contributed by atoms with van der Waals surface area (Å²) < 4.78 is 19.5. The van der Waals surface area contributed by atoms with Crippen molar-refractivity contribution in [3.63, 3.8) is 0 Å². The van der Waals surface area contributed by atoms with Crippen molar-refractivity contribution in [2.24, 2.45) is 0 Å². The summed E-state index contributed by atoms with van der Waals surface area (Å²) in [6.07, 6.45) is 1.77. The van der Waals surface area contributed by atoms with Gasteiger partial charge in [0, 0.05) is 6.20 Å². The van der Waals surface area contributed by atoms with Gasteiger partial charge in [-0.3, -0.25) is 4.79 Å². The molecule has 2 aromatic rings. The van der Waals surface area contributed by atoms with Gasteiger partial charge in [-0.15, -0.1) is 0 Å².